The summed E-state index contributed by atoms with van der Waals surface area (Å²) in [5, 5.41) is 0. The Morgan fingerprint density at radius 3 is 2.36 bits per heavy atom. The second-order valence-corrected chi connectivity index (χ2v) is 6.18. The molecular formula is C20H21N5. The molecule has 2 aromatic carbocycles. The molecule has 4 rings (SSSR count). The number of fused-ring (bicyclic) bond motifs is 2. The van der Waals surface area contributed by atoms with Crippen LogP contribution < -0.4 is 0 Å². The molecular weight excluding hydrogens is 310 g/mol. The van der Waals surface area contributed by atoms with Gasteiger partial charge in [0, 0.05) is 13.6 Å². The van der Waals surface area contributed by atoms with Gasteiger partial charge in [-0.1, -0.05) is 37.6 Å². The Labute approximate surface area is 146 Å². The van der Waals surface area contributed by atoms with Gasteiger partial charge in [-0.15, -0.1) is 0 Å². The van der Waals surface area contributed by atoms with Crippen LogP contribution in [0.4, 0.5) is 5.95 Å². The lowest BCUT2D eigenvalue weighted by Gasteiger charge is -2.05. The third kappa shape index (κ3) is 2.82. The van der Waals surface area contributed by atoms with E-state index in [9.17, 15) is 0 Å². The molecule has 0 unspecified atom stereocenters. The van der Waals surface area contributed by atoms with Gasteiger partial charge in [-0.2, -0.15) is 0 Å². The predicted molar refractivity (Wildman–Crippen MR) is 103 cm³/mol. The third-order valence-electron chi connectivity index (χ3n) is 4.49. The molecule has 0 bridgehead atoms. The Bertz CT molecular complexity index is 1050. The predicted octanol–water partition coefficient (Wildman–Crippen LogP) is 4.47. The van der Waals surface area contributed by atoms with Crippen molar-refractivity contribution in [3.63, 3.8) is 0 Å². The van der Waals surface area contributed by atoms with E-state index in [1.165, 1.54) is 0 Å². The molecule has 0 spiro atoms. The number of aliphatic imine (C=N–C) groups is 1. The van der Waals surface area contributed by atoms with E-state index in [0.717, 1.165) is 53.2 Å². The van der Waals surface area contributed by atoms with Crippen molar-refractivity contribution in [1.29, 1.82) is 0 Å². The van der Waals surface area contributed by atoms with Crippen LogP contribution in [0.25, 0.3) is 22.1 Å². The number of aromatic nitrogens is 4. The van der Waals surface area contributed by atoms with E-state index >= 15 is 0 Å². The summed E-state index contributed by atoms with van der Waals surface area (Å²) in [4.78, 5) is 14.0. The molecule has 0 aliphatic carbocycles. The number of rotatable bonds is 5. The zero-order valence-electron chi connectivity index (χ0n) is 14.6. The van der Waals surface area contributed by atoms with E-state index in [-0.39, 0.29) is 0 Å². The van der Waals surface area contributed by atoms with Crippen LogP contribution in [0.5, 0.6) is 0 Å². The fraction of sp³-hybridized carbons (Fsp3) is 0.250. The van der Waals surface area contributed by atoms with E-state index in [1.807, 2.05) is 49.7 Å². The highest BCUT2D eigenvalue weighted by atomic mass is 15.2. The van der Waals surface area contributed by atoms with Crippen LogP contribution in [0.1, 0.15) is 25.6 Å². The summed E-state index contributed by atoms with van der Waals surface area (Å²) in [6.45, 7) is 3.12. The first kappa shape index (κ1) is 15.6. The molecule has 0 amide bonds. The fourth-order valence-electron chi connectivity index (χ4n) is 3.09. The first-order valence-electron chi connectivity index (χ1n) is 8.68. The minimum absolute atomic E-state index is 0.738. The third-order valence-corrected chi connectivity index (χ3v) is 4.49. The molecule has 4 aromatic rings. The Balaban J connectivity index is 1.76. The Kier molecular flexibility index (Phi) is 4.06. The van der Waals surface area contributed by atoms with Gasteiger partial charge in [-0.3, -0.25) is 0 Å². The van der Waals surface area contributed by atoms with Gasteiger partial charge in [-0.25, -0.2) is 15.0 Å². The number of aryl methyl sites for hydroxylation is 2. The number of imidazole rings is 2. The number of benzene rings is 2. The highest BCUT2D eigenvalue weighted by Crippen LogP contribution is 2.22. The number of para-hydroxylation sites is 4. The highest BCUT2D eigenvalue weighted by Gasteiger charge is 2.10. The van der Waals surface area contributed by atoms with Crippen molar-refractivity contribution in [2.45, 2.75) is 26.3 Å². The molecule has 0 fully saturated rings. The number of nitrogens with zero attached hydrogens (tertiary/aromatic N) is 5. The van der Waals surface area contributed by atoms with Gasteiger partial charge in [0.05, 0.1) is 28.3 Å². The summed E-state index contributed by atoms with van der Waals surface area (Å²) >= 11 is 0. The van der Waals surface area contributed by atoms with Crippen molar-refractivity contribution < 1.29 is 0 Å². The minimum atomic E-state index is 0.738. The Morgan fingerprint density at radius 2 is 1.64 bits per heavy atom. The highest BCUT2D eigenvalue weighted by molar-refractivity contribution is 5.86. The van der Waals surface area contributed by atoms with E-state index in [2.05, 4.69) is 38.2 Å². The van der Waals surface area contributed by atoms with Crippen molar-refractivity contribution in [3.8, 4) is 0 Å². The van der Waals surface area contributed by atoms with Gasteiger partial charge in [0.15, 0.2) is 5.82 Å². The normalized spacial score (nSPS) is 11.9. The maximum atomic E-state index is 4.69. The van der Waals surface area contributed by atoms with Gasteiger partial charge >= 0.3 is 0 Å². The SMILES string of the molecule is CCCCn1c(/N=C/c2nc3ccccc3n2C)nc2ccccc21. The summed E-state index contributed by atoms with van der Waals surface area (Å²) in [5.41, 5.74) is 4.19. The lowest BCUT2D eigenvalue weighted by molar-refractivity contribution is 0.649. The monoisotopic (exact) mass is 331 g/mol. The summed E-state index contributed by atoms with van der Waals surface area (Å²) in [6.07, 6.45) is 4.05. The van der Waals surface area contributed by atoms with Crippen molar-refractivity contribution in [1.82, 2.24) is 19.1 Å². The molecule has 5 heteroatoms. The lowest BCUT2D eigenvalue weighted by Crippen LogP contribution is -1.99. The van der Waals surface area contributed by atoms with Gasteiger partial charge in [0.1, 0.15) is 0 Å². The Morgan fingerprint density at radius 1 is 0.960 bits per heavy atom. The summed E-state index contributed by atoms with van der Waals surface area (Å²) in [5.74, 6) is 1.57. The molecule has 5 nitrogen and oxygen atoms in total. The lowest BCUT2D eigenvalue weighted by atomic mass is 10.3. The molecule has 0 saturated carbocycles. The Hall–Kier alpha value is -2.95. The van der Waals surface area contributed by atoms with Crippen LogP contribution in [-0.4, -0.2) is 25.3 Å². The molecule has 0 N–H and O–H groups in total. The maximum absolute atomic E-state index is 4.69. The average Bonchev–Trinajstić information content (AvgIpc) is 3.16. The van der Waals surface area contributed by atoms with Crippen molar-refractivity contribution >= 4 is 34.2 Å². The van der Waals surface area contributed by atoms with Crippen LogP contribution >= 0.6 is 0 Å². The van der Waals surface area contributed by atoms with Crippen LogP contribution in [-0.2, 0) is 13.6 Å². The molecule has 0 aliphatic heterocycles. The van der Waals surface area contributed by atoms with E-state index in [0.29, 0.717) is 0 Å². The first-order chi connectivity index (χ1) is 12.3. The second kappa shape index (κ2) is 6.51. The van der Waals surface area contributed by atoms with Gasteiger partial charge in [0.2, 0.25) is 5.95 Å². The molecule has 2 aromatic heterocycles. The van der Waals surface area contributed by atoms with Crippen LogP contribution in [0.2, 0.25) is 0 Å². The summed E-state index contributed by atoms with van der Waals surface area (Å²) in [6, 6.07) is 16.3. The van der Waals surface area contributed by atoms with Crippen LogP contribution in [0, 0.1) is 0 Å². The zero-order valence-corrected chi connectivity index (χ0v) is 14.6. The van der Waals surface area contributed by atoms with E-state index in [4.69, 9.17) is 4.98 Å². The van der Waals surface area contributed by atoms with Gasteiger partial charge in [0.25, 0.3) is 0 Å². The smallest absolute Gasteiger partial charge is 0.230 e. The molecule has 2 heterocycles. The van der Waals surface area contributed by atoms with E-state index in [1.54, 1.807) is 0 Å². The van der Waals surface area contributed by atoms with Gasteiger partial charge < -0.3 is 9.13 Å². The molecule has 0 atom stereocenters. The maximum Gasteiger partial charge on any atom is 0.230 e. The summed E-state index contributed by atoms with van der Waals surface area (Å²) < 4.78 is 4.25. The molecule has 126 valence electrons. The van der Waals surface area contributed by atoms with Crippen molar-refractivity contribution in [3.05, 3.63) is 54.4 Å². The number of unbranched alkanes of at least 4 members (excludes halogenated alkanes) is 1. The average molecular weight is 331 g/mol. The minimum Gasteiger partial charge on any atom is -0.326 e. The fourth-order valence-corrected chi connectivity index (χ4v) is 3.09. The number of hydrogen-bond donors (Lipinski definition) is 0. The standard InChI is InChI=1S/C20H21N5/c1-3-4-13-25-18-12-8-6-10-16(18)23-20(25)21-14-19-22-15-9-5-7-11-17(15)24(19)2/h5-12,14H,3-4,13H2,1-2H3/b21-14+. The molecule has 25 heavy (non-hydrogen) atoms. The molecule has 0 aliphatic rings. The van der Waals surface area contributed by atoms with Gasteiger partial charge in [-0.05, 0) is 30.7 Å². The van der Waals surface area contributed by atoms with Crippen molar-refractivity contribution in [2.24, 2.45) is 12.0 Å². The topological polar surface area (TPSA) is 48.0 Å². The summed E-state index contributed by atoms with van der Waals surface area (Å²) in [7, 11) is 2.01. The molecule has 0 saturated heterocycles. The number of hydrogen-bond acceptors (Lipinski definition) is 3. The van der Waals surface area contributed by atoms with Crippen LogP contribution in [0.15, 0.2) is 53.5 Å². The quantitative estimate of drug-likeness (QED) is 0.506. The van der Waals surface area contributed by atoms with Crippen LogP contribution in [0.3, 0.4) is 0 Å². The first-order valence-corrected chi connectivity index (χ1v) is 8.68. The zero-order chi connectivity index (χ0) is 17.2. The second-order valence-electron chi connectivity index (χ2n) is 6.18. The largest absolute Gasteiger partial charge is 0.326 e. The van der Waals surface area contributed by atoms with Crippen molar-refractivity contribution in [2.75, 3.05) is 0 Å². The molecule has 0 radical (unpaired) electrons. The van der Waals surface area contributed by atoms with E-state index < -0.39 is 0 Å².